The minimum atomic E-state index is 1.12. The van der Waals surface area contributed by atoms with Crippen LogP contribution in [0.4, 0.5) is 17.1 Å². The first-order valence-electron chi connectivity index (χ1n) is 19.2. The number of fused-ring (bicyclic) bond motifs is 7. The van der Waals surface area contributed by atoms with Crippen LogP contribution in [0.3, 0.4) is 0 Å². The fourth-order valence-electron chi connectivity index (χ4n) is 8.66. The van der Waals surface area contributed by atoms with E-state index < -0.39 is 0 Å². The third-order valence-corrected chi connectivity index (χ3v) is 12.4. The van der Waals surface area contributed by atoms with E-state index in [0.29, 0.717) is 0 Å². The third-order valence-electron chi connectivity index (χ3n) is 11.2. The van der Waals surface area contributed by atoms with E-state index in [0.717, 1.165) is 11.4 Å². The van der Waals surface area contributed by atoms with Gasteiger partial charge in [-0.3, -0.25) is 0 Å². The molecule has 0 aliphatic rings. The number of anilines is 3. The van der Waals surface area contributed by atoms with Gasteiger partial charge in [-0.1, -0.05) is 170 Å². The zero-order valence-corrected chi connectivity index (χ0v) is 31.4. The van der Waals surface area contributed by atoms with Gasteiger partial charge in [0.15, 0.2) is 0 Å². The van der Waals surface area contributed by atoms with Crippen molar-refractivity contribution in [2.24, 2.45) is 0 Å². The molecule has 0 bridgehead atoms. The minimum absolute atomic E-state index is 1.12. The summed E-state index contributed by atoms with van der Waals surface area (Å²) in [7, 11) is 0. The van der Waals surface area contributed by atoms with E-state index in [-0.39, 0.29) is 0 Å². The van der Waals surface area contributed by atoms with Crippen molar-refractivity contribution in [1.29, 1.82) is 0 Å². The first-order chi connectivity index (χ1) is 27.8. The van der Waals surface area contributed by atoms with Gasteiger partial charge in [0.1, 0.15) is 0 Å². The Hall–Kier alpha value is -7.00. The van der Waals surface area contributed by atoms with Crippen molar-refractivity contribution < 1.29 is 0 Å². The van der Waals surface area contributed by atoms with Gasteiger partial charge in [0.25, 0.3) is 0 Å². The molecule has 11 aromatic rings. The van der Waals surface area contributed by atoms with Crippen LogP contribution < -0.4 is 4.90 Å². The molecule has 0 amide bonds. The summed E-state index contributed by atoms with van der Waals surface area (Å²) in [5, 5.41) is 10.1. The van der Waals surface area contributed by atoms with Gasteiger partial charge in [-0.05, 0) is 108 Å². The summed E-state index contributed by atoms with van der Waals surface area (Å²) in [4.78, 5) is 2.45. The smallest absolute Gasteiger partial charge is 0.0640 e. The van der Waals surface area contributed by atoms with Crippen LogP contribution in [0, 0.1) is 0 Å². The van der Waals surface area contributed by atoms with E-state index in [1.165, 1.54) is 91.6 Å². The van der Waals surface area contributed by atoms with Crippen molar-refractivity contribution in [3.63, 3.8) is 0 Å². The third kappa shape index (κ3) is 5.38. The molecule has 0 unspecified atom stereocenters. The molecule has 1 nitrogen and oxygen atoms in total. The van der Waals surface area contributed by atoms with E-state index in [2.05, 4.69) is 217 Å². The maximum absolute atomic E-state index is 2.45. The van der Waals surface area contributed by atoms with E-state index in [1.54, 1.807) is 0 Å². The van der Waals surface area contributed by atoms with Crippen LogP contribution in [-0.2, 0) is 0 Å². The minimum Gasteiger partial charge on any atom is -0.309 e. The summed E-state index contributed by atoms with van der Waals surface area (Å²) in [5.74, 6) is 0. The van der Waals surface area contributed by atoms with Gasteiger partial charge in [-0.15, -0.1) is 11.3 Å². The lowest BCUT2D eigenvalue weighted by atomic mass is 9.84. The average Bonchev–Trinajstić information content (AvgIpc) is 3.66. The highest BCUT2D eigenvalue weighted by atomic mass is 32.1. The lowest BCUT2D eigenvalue weighted by Gasteiger charge is -2.27. The van der Waals surface area contributed by atoms with Gasteiger partial charge in [-0.2, -0.15) is 0 Å². The summed E-state index contributed by atoms with van der Waals surface area (Å²) in [6, 6.07) is 77.8. The Labute approximate surface area is 330 Å². The van der Waals surface area contributed by atoms with Crippen molar-refractivity contribution in [3.8, 4) is 33.4 Å². The van der Waals surface area contributed by atoms with Gasteiger partial charge < -0.3 is 4.90 Å². The van der Waals surface area contributed by atoms with Gasteiger partial charge >= 0.3 is 0 Å². The highest BCUT2D eigenvalue weighted by Gasteiger charge is 2.21. The average molecular weight is 730 g/mol. The van der Waals surface area contributed by atoms with Crippen molar-refractivity contribution in [2.75, 3.05) is 4.90 Å². The van der Waals surface area contributed by atoms with Crippen LogP contribution in [-0.4, -0.2) is 0 Å². The Bertz CT molecular complexity index is 3250. The van der Waals surface area contributed by atoms with E-state index >= 15 is 0 Å². The van der Waals surface area contributed by atoms with Gasteiger partial charge in [-0.25, -0.2) is 0 Å². The topological polar surface area (TPSA) is 3.24 Å². The lowest BCUT2D eigenvalue weighted by Crippen LogP contribution is -2.10. The molecule has 56 heavy (non-hydrogen) atoms. The Morgan fingerprint density at radius 1 is 0.304 bits per heavy atom. The summed E-state index contributed by atoms with van der Waals surface area (Å²) >= 11 is 1.87. The van der Waals surface area contributed by atoms with Crippen LogP contribution in [0.25, 0.3) is 85.9 Å². The molecule has 0 N–H and O–H groups in total. The van der Waals surface area contributed by atoms with Gasteiger partial charge in [0.05, 0.1) is 10.4 Å². The molecule has 0 saturated heterocycles. The molecule has 1 aromatic heterocycles. The molecule has 0 fully saturated rings. The van der Waals surface area contributed by atoms with Crippen molar-refractivity contribution in [2.45, 2.75) is 0 Å². The van der Waals surface area contributed by atoms with E-state index in [4.69, 9.17) is 0 Å². The molecule has 10 aromatic carbocycles. The second kappa shape index (κ2) is 13.4. The SMILES string of the molecule is c1ccc(-c2c(-c3ccccc3)c3cc(-c4cccc(N(c5ccc6ccccc6c5)c5cccc6c5sc5ccccc56)c4)ccc3c3ccccc23)cc1. The summed E-state index contributed by atoms with van der Waals surface area (Å²) in [6.07, 6.45) is 0. The zero-order chi connectivity index (χ0) is 37.0. The van der Waals surface area contributed by atoms with Gasteiger partial charge in [0.2, 0.25) is 0 Å². The number of hydrogen-bond acceptors (Lipinski definition) is 2. The highest BCUT2D eigenvalue weighted by molar-refractivity contribution is 7.26. The molecule has 0 saturated carbocycles. The molecule has 2 heteroatoms. The quantitative estimate of drug-likeness (QED) is 0.154. The summed E-state index contributed by atoms with van der Waals surface area (Å²) < 4.78 is 2.58. The first kappa shape index (κ1) is 32.4. The number of hydrogen-bond donors (Lipinski definition) is 0. The Balaban J connectivity index is 1.15. The highest BCUT2D eigenvalue weighted by Crippen LogP contribution is 2.48. The molecule has 0 aliphatic carbocycles. The van der Waals surface area contributed by atoms with Crippen LogP contribution in [0.5, 0.6) is 0 Å². The number of rotatable bonds is 6. The first-order valence-corrected chi connectivity index (χ1v) is 20.0. The monoisotopic (exact) mass is 729 g/mol. The largest absolute Gasteiger partial charge is 0.309 e. The Morgan fingerprint density at radius 3 is 1.68 bits per heavy atom. The van der Waals surface area contributed by atoms with Crippen molar-refractivity contribution >= 4 is 80.9 Å². The van der Waals surface area contributed by atoms with Gasteiger partial charge in [0, 0.05) is 26.8 Å². The summed E-state index contributed by atoms with van der Waals surface area (Å²) in [5.41, 5.74) is 10.8. The van der Waals surface area contributed by atoms with Crippen LogP contribution in [0.15, 0.2) is 212 Å². The van der Waals surface area contributed by atoms with E-state index in [9.17, 15) is 0 Å². The summed E-state index contributed by atoms with van der Waals surface area (Å²) in [6.45, 7) is 0. The fourth-order valence-corrected chi connectivity index (χ4v) is 9.86. The molecular weight excluding hydrogens is 695 g/mol. The predicted octanol–water partition coefficient (Wildman–Crippen LogP) is 16.0. The maximum Gasteiger partial charge on any atom is 0.0640 e. The molecule has 11 rings (SSSR count). The molecule has 0 spiro atoms. The number of benzene rings is 10. The normalized spacial score (nSPS) is 11.6. The molecular formula is C54H35NS. The molecule has 0 atom stereocenters. The van der Waals surface area contributed by atoms with Crippen LogP contribution in [0.1, 0.15) is 0 Å². The second-order valence-corrected chi connectivity index (χ2v) is 15.5. The van der Waals surface area contributed by atoms with E-state index in [1.807, 2.05) is 11.3 Å². The molecule has 0 radical (unpaired) electrons. The predicted molar refractivity (Wildman–Crippen MR) is 243 cm³/mol. The number of thiophene rings is 1. The Kier molecular flexibility index (Phi) is 7.75. The lowest BCUT2D eigenvalue weighted by molar-refractivity contribution is 1.31. The van der Waals surface area contributed by atoms with Crippen molar-refractivity contribution in [1.82, 2.24) is 0 Å². The standard InChI is InChI=1S/C54H35NS/c1-3-16-37(17-4-1)52-47-25-10-9-23-44(47)45-32-30-41(35-49(45)53(52)38-18-5-2-6-19-38)40-21-13-22-42(34-40)55(43-31-29-36-15-7-8-20-39(36)33-43)50-27-14-26-48-46-24-11-12-28-51(46)56-54(48)50/h1-35H. The second-order valence-electron chi connectivity index (χ2n) is 14.5. The van der Waals surface area contributed by atoms with Crippen molar-refractivity contribution in [3.05, 3.63) is 212 Å². The fraction of sp³-hybridized carbons (Fsp3) is 0. The maximum atomic E-state index is 2.45. The van der Waals surface area contributed by atoms with Crippen LogP contribution >= 0.6 is 11.3 Å². The molecule has 0 aliphatic heterocycles. The number of nitrogens with zero attached hydrogens (tertiary/aromatic N) is 1. The van der Waals surface area contributed by atoms with Crippen LogP contribution in [0.2, 0.25) is 0 Å². The zero-order valence-electron chi connectivity index (χ0n) is 30.6. The molecule has 1 heterocycles. The molecule has 262 valence electrons. The Morgan fingerprint density at radius 2 is 0.875 bits per heavy atom.